The highest BCUT2D eigenvalue weighted by Crippen LogP contribution is 2.27. The normalized spacial score (nSPS) is 16.8. The van der Waals surface area contributed by atoms with E-state index in [1.807, 2.05) is 30.3 Å². The van der Waals surface area contributed by atoms with Gasteiger partial charge >= 0.3 is 0 Å². The van der Waals surface area contributed by atoms with Gasteiger partial charge < -0.3 is 10.8 Å². The Morgan fingerprint density at radius 2 is 2.00 bits per heavy atom. The van der Waals surface area contributed by atoms with Crippen LogP contribution in [0.25, 0.3) is 0 Å². The number of benzene rings is 1. The number of hydrogen-bond acceptors (Lipinski definition) is 3. The van der Waals surface area contributed by atoms with E-state index < -0.39 is 5.60 Å². The molecule has 0 aliphatic rings. The van der Waals surface area contributed by atoms with E-state index in [0.717, 1.165) is 12.0 Å². The van der Waals surface area contributed by atoms with E-state index in [0.29, 0.717) is 11.0 Å². The lowest BCUT2D eigenvalue weighted by molar-refractivity contribution is 0.0720. The largest absolute Gasteiger partial charge is 0.383 e. The quantitative estimate of drug-likeness (QED) is 0.801. The van der Waals surface area contributed by atoms with Gasteiger partial charge in [-0.25, -0.2) is 0 Å². The first-order valence-corrected chi connectivity index (χ1v) is 6.77. The van der Waals surface area contributed by atoms with Crippen LogP contribution in [0.3, 0.4) is 0 Å². The summed E-state index contributed by atoms with van der Waals surface area (Å²) in [6.45, 7) is 4.59. The van der Waals surface area contributed by atoms with Gasteiger partial charge in [0.05, 0.1) is 0 Å². The molecule has 0 saturated heterocycles. The molecule has 0 bridgehead atoms. The number of thioether (sulfide) groups is 1. The van der Waals surface area contributed by atoms with Crippen LogP contribution in [-0.2, 0) is 5.60 Å². The summed E-state index contributed by atoms with van der Waals surface area (Å²) in [4.78, 5) is 0. The van der Waals surface area contributed by atoms with Crippen LogP contribution in [0.15, 0.2) is 30.3 Å². The molecule has 0 heterocycles. The molecule has 0 aromatic heterocycles. The first-order chi connectivity index (χ1) is 7.62. The van der Waals surface area contributed by atoms with E-state index in [4.69, 9.17) is 5.73 Å². The van der Waals surface area contributed by atoms with Gasteiger partial charge in [0.15, 0.2) is 0 Å². The Hall–Kier alpha value is -0.510. The Balaban J connectivity index is 2.70. The Morgan fingerprint density at radius 1 is 1.38 bits per heavy atom. The van der Waals surface area contributed by atoms with E-state index in [2.05, 4.69) is 13.8 Å². The van der Waals surface area contributed by atoms with Gasteiger partial charge in [-0.3, -0.25) is 0 Å². The Morgan fingerprint density at radius 3 is 2.50 bits per heavy atom. The van der Waals surface area contributed by atoms with E-state index in [1.165, 1.54) is 0 Å². The zero-order valence-electron chi connectivity index (χ0n) is 10.0. The van der Waals surface area contributed by atoms with Gasteiger partial charge in [0.2, 0.25) is 0 Å². The highest BCUT2D eigenvalue weighted by Gasteiger charge is 2.27. The first-order valence-electron chi connectivity index (χ1n) is 5.72. The Bertz CT molecular complexity index is 304. The topological polar surface area (TPSA) is 46.2 Å². The number of rotatable bonds is 6. The van der Waals surface area contributed by atoms with Crippen molar-refractivity contribution in [2.24, 2.45) is 5.73 Å². The van der Waals surface area contributed by atoms with Crippen LogP contribution in [0, 0.1) is 0 Å². The molecule has 2 unspecified atom stereocenters. The molecule has 3 N–H and O–H groups in total. The molecule has 0 fully saturated rings. The number of aliphatic hydroxyl groups is 1. The van der Waals surface area contributed by atoms with E-state index in [1.54, 1.807) is 11.8 Å². The third-order valence-corrected chi connectivity index (χ3v) is 4.38. The zero-order chi connectivity index (χ0) is 12.0. The average molecular weight is 239 g/mol. The molecule has 1 rings (SSSR count). The van der Waals surface area contributed by atoms with Gasteiger partial charge in [-0.1, -0.05) is 44.2 Å². The van der Waals surface area contributed by atoms with E-state index >= 15 is 0 Å². The summed E-state index contributed by atoms with van der Waals surface area (Å²) < 4.78 is 0. The smallest absolute Gasteiger partial charge is 0.111 e. The van der Waals surface area contributed by atoms with E-state index in [9.17, 15) is 5.11 Å². The summed E-state index contributed by atoms with van der Waals surface area (Å²) in [7, 11) is 0. The second-order valence-electron chi connectivity index (χ2n) is 4.13. The fraction of sp³-hybridized carbons (Fsp3) is 0.538. The van der Waals surface area contributed by atoms with Crippen molar-refractivity contribution in [1.82, 2.24) is 0 Å². The molecule has 90 valence electrons. The van der Waals surface area contributed by atoms with Crippen molar-refractivity contribution in [1.29, 1.82) is 0 Å². The summed E-state index contributed by atoms with van der Waals surface area (Å²) in [5.74, 6) is 0.655. The molecular weight excluding hydrogens is 218 g/mol. The maximum Gasteiger partial charge on any atom is 0.111 e. The zero-order valence-corrected chi connectivity index (χ0v) is 10.8. The first kappa shape index (κ1) is 13.6. The minimum atomic E-state index is -0.893. The van der Waals surface area contributed by atoms with Gasteiger partial charge in [0, 0.05) is 17.5 Å². The maximum absolute atomic E-state index is 10.5. The second-order valence-corrected chi connectivity index (χ2v) is 5.56. The summed E-state index contributed by atoms with van der Waals surface area (Å²) in [5, 5.41) is 11.0. The summed E-state index contributed by atoms with van der Waals surface area (Å²) in [6.07, 6.45) is 1.11. The molecule has 2 nitrogen and oxygen atoms in total. The van der Waals surface area contributed by atoms with Crippen molar-refractivity contribution >= 4 is 11.8 Å². The highest BCUT2D eigenvalue weighted by molar-refractivity contribution is 7.99. The minimum absolute atomic E-state index is 0.264. The number of nitrogens with two attached hydrogens (primary N) is 1. The lowest BCUT2D eigenvalue weighted by Crippen LogP contribution is -2.37. The van der Waals surface area contributed by atoms with Gasteiger partial charge in [-0.2, -0.15) is 11.8 Å². The molecular formula is C13H21NOS. The lowest BCUT2D eigenvalue weighted by Gasteiger charge is -2.27. The van der Waals surface area contributed by atoms with Gasteiger partial charge in [-0.15, -0.1) is 0 Å². The van der Waals surface area contributed by atoms with Crippen molar-refractivity contribution < 1.29 is 5.11 Å². The van der Waals surface area contributed by atoms with Gasteiger partial charge in [0.25, 0.3) is 0 Å². The van der Waals surface area contributed by atoms with Crippen LogP contribution < -0.4 is 5.73 Å². The molecule has 0 saturated carbocycles. The summed E-state index contributed by atoms with van der Waals surface area (Å²) >= 11 is 1.77. The monoisotopic (exact) mass is 239 g/mol. The lowest BCUT2D eigenvalue weighted by atomic mass is 9.96. The molecule has 2 atom stereocenters. The molecule has 0 spiro atoms. The average Bonchev–Trinajstić information content (AvgIpc) is 2.36. The second kappa shape index (κ2) is 6.28. The molecule has 0 aliphatic heterocycles. The minimum Gasteiger partial charge on any atom is -0.383 e. The molecule has 16 heavy (non-hydrogen) atoms. The van der Waals surface area contributed by atoms with Gasteiger partial charge in [0.1, 0.15) is 5.60 Å². The van der Waals surface area contributed by atoms with Crippen LogP contribution in [0.1, 0.15) is 25.8 Å². The van der Waals surface area contributed by atoms with Crippen molar-refractivity contribution in [2.45, 2.75) is 31.1 Å². The predicted molar refractivity (Wildman–Crippen MR) is 71.6 cm³/mol. The van der Waals surface area contributed by atoms with Crippen molar-refractivity contribution in [3.05, 3.63) is 35.9 Å². The number of hydrogen-bond donors (Lipinski definition) is 2. The van der Waals surface area contributed by atoms with Crippen LogP contribution in [-0.4, -0.2) is 22.7 Å². The van der Waals surface area contributed by atoms with Crippen molar-refractivity contribution in [3.8, 4) is 0 Å². The highest BCUT2D eigenvalue weighted by atomic mass is 32.2. The molecule has 1 aromatic rings. The van der Waals surface area contributed by atoms with Crippen LogP contribution in [0.2, 0.25) is 0 Å². The third kappa shape index (κ3) is 3.51. The molecule has 0 radical (unpaired) electrons. The summed E-state index contributed by atoms with van der Waals surface area (Å²) in [6, 6.07) is 9.68. The van der Waals surface area contributed by atoms with Gasteiger partial charge in [-0.05, 0) is 12.0 Å². The van der Waals surface area contributed by atoms with Crippen molar-refractivity contribution in [2.75, 3.05) is 12.3 Å². The van der Waals surface area contributed by atoms with Crippen LogP contribution in [0.5, 0.6) is 0 Å². The molecule has 1 aromatic carbocycles. The van der Waals surface area contributed by atoms with Crippen molar-refractivity contribution in [3.63, 3.8) is 0 Å². The Labute approximate surface area is 102 Å². The van der Waals surface area contributed by atoms with Crippen LogP contribution >= 0.6 is 11.8 Å². The fourth-order valence-corrected chi connectivity index (χ4v) is 2.49. The standard InChI is InChI=1S/C13H21NOS/c1-3-11(2)16-10-13(15,9-14)12-7-5-4-6-8-12/h4-8,11,15H,3,9-10,14H2,1-2H3. The van der Waals surface area contributed by atoms with Crippen LogP contribution in [0.4, 0.5) is 0 Å². The molecule has 3 heteroatoms. The predicted octanol–water partition coefficient (Wildman–Crippen LogP) is 2.36. The molecule has 0 amide bonds. The maximum atomic E-state index is 10.5. The third-order valence-electron chi connectivity index (χ3n) is 2.83. The summed E-state index contributed by atoms with van der Waals surface area (Å²) in [5.41, 5.74) is 5.72. The SMILES string of the molecule is CCC(C)SCC(O)(CN)c1ccccc1. The Kier molecular flexibility index (Phi) is 5.32. The van der Waals surface area contributed by atoms with E-state index in [-0.39, 0.29) is 6.54 Å². The fourth-order valence-electron chi connectivity index (χ4n) is 1.41. The molecule has 0 aliphatic carbocycles.